The van der Waals surface area contributed by atoms with Crippen LogP contribution in [0.15, 0.2) is 48.8 Å². The van der Waals surface area contributed by atoms with Gasteiger partial charge in [0.2, 0.25) is 11.6 Å². The third-order valence-electron chi connectivity index (χ3n) is 4.40. The molecule has 0 atom stereocenters. The predicted molar refractivity (Wildman–Crippen MR) is 110 cm³/mol. The molecule has 0 radical (unpaired) electrons. The van der Waals surface area contributed by atoms with E-state index in [-0.39, 0.29) is 17.2 Å². The Morgan fingerprint density at radius 3 is 2.52 bits per heavy atom. The summed E-state index contributed by atoms with van der Waals surface area (Å²) in [6, 6.07) is 11.5. The van der Waals surface area contributed by atoms with Gasteiger partial charge in [-0.1, -0.05) is 12.1 Å². The van der Waals surface area contributed by atoms with Gasteiger partial charge in [0, 0.05) is 11.8 Å². The number of nitrogens with one attached hydrogen (secondary N) is 2. The Morgan fingerprint density at radius 2 is 1.77 bits per heavy atom. The standard InChI is InChI=1S/C20H17N5O6/c1-29-20(26)13-4-2-3-5-14(13)24-19-17(25(27)28)18(21-11-22-19)23-12-6-7-15-16(10-12)31-9-8-30-15/h2-7,10-11H,8-9H2,1H3,(H2,21,22,23,24). The van der Waals surface area contributed by atoms with Gasteiger partial charge in [-0.2, -0.15) is 0 Å². The first-order valence-electron chi connectivity index (χ1n) is 9.17. The van der Waals surface area contributed by atoms with Crippen LogP contribution in [0.5, 0.6) is 11.5 Å². The van der Waals surface area contributed by atoms with Crippen LogP contribution in [0, 0.1) is 10.1 Å². The zero-order chi connectivity index (χ0) is 21.8. The number of rotatable bonds is 6. The number of carbonyl (C=O) groups excluding carboxylic acids is 1. The second-order valence-electron chi connectivity index (χ2n) is 6.32. The minimum atomic E-state index is -0.608. The highest BCUT2D eigenvalue weighted by molar-refractivity contribution is 5.96. The zero-order valence-corrected chi connectivity index (χ0v) is 16.3. The van der Waals surface area contributed by atoms with Crippen molar-refractivity contribution in [1.82, 2.24) is 9.97 Å². The van der Waals surface area contributed by atoms with Gasteiger partial charge in [0.15, 0.2) is 11.5 Å². The van der Waals surface area contributed by atoms with Gasteiger partial charge in [0.25, 0.3) is 0 Å². The topological polar surface area (TPSA) is 138 Å². The minimum absolute atomic E-state index is 0.0327. The third kappa shape index (κ3) is 4.15. The fourth-order valence-corrected chi connectivity index (χ4v) is 3.00. The van der Waals surface area contributed by atoms with Crippen LogP contribution in [0.3, 0.4) is 0 Å². The summed E-state index contributed by atoms with van der Waals surface area (Å²) in [6.45, 7) is 0.872. The summed E-state index contributed by atoms with van der Waals surface area (Å²) in [5.41, 5.74) is 0.643. The first-order chi connectivity index (χ1) is 15.1. The van der Waals surface area contributed by atoms with Crippen molar-refractivity contribution in [2.24, 2.45) is 0 Å². The van der Waals surface area contributed by atoms with Crippen molar-refractivity contribution in [3.05, 3.63) is 64.5 Å². The maximum absolute atomic E-state index is 12.0. The molecule has 2 heterocycles. The summed E-state index contributed by atoms with van der Waals surface area (Å²) >= 11 is 0. The van der Waals surface area contributed by atoms with Crippen LogP contribution in [-0.4, -0.2) is 41.2 Å². The molecule has 2 N–H and O–H groups in total. The predicted octanol–water partition coefficient (Wildman–Crippen LogP) is 3.43. The fourth-order valence-electron chi connectivity index (χ4n) is 3.00. The number of carbonyl (C=O) groups is 1. The van der Waals surface area contributed by atoms with E-state index in [9.17, 15) is 14.9 Å². The molecule has 11 heteroatoms. The smallest absolute Gasteiger partial charge is 0.353 e. The molecule has 4 rings (SSSR count). The second-order valence-corrected chi connectivity index (χ2v) is 6.32. The molecule has 3 aromatic rings. The number of esters is 1. The monoisotopic (exact) mass is 423 g/mol. The van der Waals surface area contributed by atoms with Gasteiger partial charge in [-0.3, -0.25) is 10.1 Å². The number of benzene rings is 2. The summed E-state index contributed by atoms with van der Waals surface area (Å²) in [5, 5.41) is 17.6. The molecule has 1 aromatic heterocycles. The number of anilines is 4. The first kappa shape index (κ1) is 19.9. The number of fused-ring (bicyclic) bond motifs is 1. The van der Waals surface area contributed by atoms with Gasteiger partial charge in [-0.25, -0.2) is 14.8 Å². The van der Waals surface area contributed by atoms with Crippen molar-refractivity contribution in [3.63, 3.8) is 0 Å². The number of para-hydroxylation sites is 1. The largest absolute Gasteiger partial charge is 0.486 e. The Bertz CT molecular complexity index is 1150. The van der Waals surface area contributed by atoms with E-state index in [2.05, 4.69) is 20.6 Å². The summed E-state index contributed by atoms with van der Waals surface area (Å²) in [7, 11) is 1.25. The van der Waals surface area contributed by atoms with Crippen LogP contribution in [0.25, 0.3) is 0 Å². The number of nitro groups is 1. The van der Waals surface area contributed by atoms with Crippen molar-refractivity contribution >= 4 is 34.7 Å². The molecule has 11 nitrogen and oxygen atoms in total. The summed E-state index contributed by atoms with van der Waals surface area (Å²) in [5.74, 6) is 0.412. The molecule has 31 heavy (non-hydrogen) atoms. The molecule has 0 saturated carbocycles. The normalized spacial score (nSPS) is 12.0. The van der Waals surface area contributed by atoms with Gasteiger partial charge in [0.1, 0.15) is 19.5 Å². The molecule has 0 spiro atoms. The summed E-state index contributed by atoms with van der Waals surface area (Å²) < 4.78 is 15.8. The van der Waals surface area contributed by atoms with Crippen LogP contribution < -0.4 is 20.1 Å². The highest BCUT2D eigenvalue weighted by Crippen LogP contribution is 2.37. The van der Waals surface area contributed by atoms with Crippen molar-refractivity contribution in [1.29, 1.82) is 0 Å². The van der Waals surface area contributed by atoms with Gasteiger partial charge in [0.05, 0.1) is 23.3 Å². The van der Waals surface area contributed by atoms with Crippen LogP contribution in [0.2, 0.25) is 0 Å². The van der Waals surface area contributed by atoms with E-state index < -0.39 is 16.6 Å². The average Bonchev–Trinajstić information content (AvgIpc) is 2.79. The molecule has 158 valence electrons. The molecule has 1 aliphatic rings. The van der Waals surface area contributed by atoms with Crippen molar-refractivity contribution < 1.29 is 23.9 Å². The lowest BCUT2D eigenvalue weighted by molar-refractivity contribution is -0.383. The fraction of sp³-hybridized carbons (Fsp3) is 0.150. The molecule has 0 unspecified atom stereocenters. The van der Waals surface area contributed by atoms with Gasteiger partial charge < -0.3 is 24.8 Å². The Kier molecular flexibility index (Phi) is 5.47. The van der Waals surface area contributed by atoms with Gasteiger partial charge in [-0.15, -0.1) is 0 Å². The SMILES string of the molecule is COC(=O)c1ccccc1Nc1ncnc(Nc2ccc3c(c2)OCCO3)c1[N+](=O)[O-]. The van der Waals surface area contributed by atoms with Crippen LogP contribution >= 0.6 is 0 Å². The Labute approximate surface area is 176 Å². The van der Waals surface area contributed by atoms with Crippen molar-refractivity contribution in [2.75, 3.05) is 31.0 Å². The molecular formula is C20H17N5O6. The lowest BCUT2D eigenvalue weighted by Crippen LogP contribution is -2.15. The summed E-state index contributed by atoms with van der Waals surface area (Å²) in [6.07, 6.45) is 1.18. The zero-order valence-electron chi connectivity index (χ0n) is 16.3. The molecule has 0 amide bonds. The lowest BCUT2D eigenvalue weighted by Gasteiger charge is -2.19. The van der Waals surface area contributed by atoms with Crippen molar-refractivity contribution in [3.8, 4) is 11.5 Å². The maximum Gasteiger partial charge on any atom is 0.353 e. The highest BCUT2D eigenvalue weighted by atomic mass is 16.6. The Balaban J connectivity index is 1.68. The van der Waals surface area contributed by atoms with Crippen LogP contribution in [0.4, 0.5) is 28.7 Å². The number of ether oxygens (including phenoxy) is 3. The number of methoxy groups -OCH3 is 1. The molecular weight excluding hydrogens is 406 g/mol. The van der Waals surface area contributed by atoms with E-state index in [1.165, 1.54) is 19.5 Å². The van der Waals surface area contributed by atoms with Crippen LogP contribution in [0.1, 0.15) is 10.4 Å². The third-order valence-corrected chi connectivity index (χ3v) is 4.40. The second kappa shape index (κ2) is 8.53. The number of aromatic nitrogens is 2. The van der Waals surface area contributed by atoms with E-state index in [0.29, 0.717) is 36.1 Å². The van der Waals surface area contributed by atoms with Crippen LogP contribution in [-0.2, 0) is 4.74 Å². The minimum Gasteiger partial charge on any atom is -0.486 e. The molecule has 2 aromatic carbocycles. The van der Waals surface area contributed by atoms with E-state index >= 15 is 0 Å². The van der Waals surface area contributed by atoms with E-state index in [1.54, 1.807) is 36.4 Å². The quantitative estimate of drug-likeness (QED) is 0.344. The Hall–Kier alpha value is -4.41. The van der Waals surface area contributed by atoms with E-state index in [0.717, 1.165) is 0 Å². The molecule has 0 bridgehead atoms. The van der Waals surface area contributed by atoms with Crippen molar-refractivity contribution in [2.45, 2.75) is 0 Å². The summed E-state index contributed by atoms with van der Waals surface area (Å²) in [4.78, 5) is 31.2. The molecule has 0 saturated heterocycles. The molecule has 0 fully saturated rings. The maximum atomic E-state index is 12.0. The van der Waals surface area contributed by atoms with E-state index in [1.807, 2.05) is 0 Å². The number of hydrogen-bond donors (Lipinski definition) is 2. The number of hydrogen-bond acceptors (Lipinski definition) is 10. The average molecular weight is 423 g/mol. The Morgan fingerprint density at radius 1 is 1.06 bits per heavy atom. The first-order valence-corrected chi connectivity index (χ1v) is 9.17. The van der Waals surface area contributed by atoms with Gasteiger partial charge >= 0.3 is 11.7 Å². The lowest BCUT2D eigenvalue weighted by atomic mass is 10.2. The van der Waals surface area contributed by atoms with Gasteiger partial charge in [-0.05, 0) is 24.3 Å². The van der Waals surface area contributed by atoms with E-state index in [4.69, 9.17) is 14.2 Å². The highest BCUT2D eigenvalue weighted by Gasteiger charge is 2.25. The molecule has 1 aliphatic heterocycles. The number of nitrogens with zero attached hydrogens (tertiary/aromatic N) is 3. The molecule has 0 aliphatic carbocycles.